The molecule has 1 aliphatic heterocycles. The average molecular weight is 417 g/mol. The number of rotatable bonds is 5. The molecule has 0 aliphatic carbocycles. The Hall–Kier alpha value is -1.92. The molecule has 0 radical (unpaired) electrons. The van der Waals surface area contributed by atoms with E-state index in [-0.39, 0.29) is 11.8 Å². The zero-order valence-electron chi connectivity index (χ0n) is 16.3. The molecule has 5 nitrogen and oxygen atoms in total. The highest BCUT2D eigenvalue weighted by atomic mass is 35.5. The number of nitrogens with zero attached hydrogens (tertiary/aromatic N) is 4. The lowest BCUT2D eigenvalue weighted by atomic mass is 9.98. The maximum Gasteiger partial charge on any atom is 0.258 e. The van der Waals surface area contributed by atoms with E-state index in [9.17, 15) is 4.79 Å². The fourth-order valence-electron chi connectivity index (χ4n) is 3.84. The van der Waals surface area contributed by atoms with Gasteiger partial charge in [-0.05, 0) is 38.3 Å². The van der Waals surface area contributed by atoms with Gasteiger partial charge in [0.2, 0.25) is 0 Å². The number of benzene rings is 1. The topological polar surface area (TPSA) is 51.0 Å². The van der Waals surface area contributed by atoms with Crippen molar-refractivity contribution in [3.63, 3.8) is 0 Å². The largest absolute Gasteiger partial charge is 0.338 e. The standard InChI is InChI=1S/C21H25ClN4OS/c1-3-4-12-26-19(22)18(14(2)24-26)21(27)25-11-7-8-15(13-25)20-23-16-9-5-6-10-17(16)28-20/h5-6,9-10,15H,3-4,7-8,11-13H2,1-2H3/t15-/m0/s1. The van der Waals surface area contributed by atoms with Crippen molar-refractivity contribution in [2.45, 2.75) is 52.0 Å². The minimum atomic E-state index is -0.00365. The molecule has 1 aromatic carbocycles. The second kappa shape index (κ2) is 8.21. The predicted molar refractivity (Wildman–Crippen MR) is 114 cm³/mol. The first kappa shape index (κ1) is 19.4. The average Bonchev–Trinajstić information content (AvgIpc) is 3.26. The number of aromatic nitrogens is 3. The molecule has 7 heteroatoms. The summed E-state index contributed by atoms with van der Waals surface area (Å²) in [6.45, 7) is 6.20. The van der Waals surface area contributed by atoms with E-state index in [1.54, 1.807) is 16.0 Å². The van der Waals surface area contributed by atoms with Crippen molar-refractivity contribution in [3.05, 3.63) is 45.7 Å². The molecular formula is C21H25ClN4OS. The van der Waals surface area contributed by atoms with Crippen molar-refractivity contribution in [1.82, 2.24) is 19.7 Å². The van der Waals surface area contributed by atoms with E-state index in [1.165, 1.54) is 4.70 Å². The highest BCUT2D eigenvalue weighted by Crippen LogP contribution is 2.34. The third kappa shape index (κ3) is 3.67. The number of fused-ring (bicyclic) bond motifs is 1. The third-order valence-corrected chi connectivity index (χ3v) is 6.95. The Bertz CT molecular complexity index is 963. The molecule has 1 amide bonds. The van der Waals surface area contributed by atoms with E-state index in [0.29, 0.717) is 23.0 Å². The minimum absolute atomic E-state index is 0.00365. The van der Waals surface area contributed by atoms with Crippen LogP contribution in [0.2, 0.25) is 5.15 Å². The van der Waals surface area contributed by atoms with Crippen LogP contribution in [0.3, 0.4) is 0 Å². The summed E-state index contributed by atoms with van der Waals surface area (Å²) in [7, 11) is 0. The molecule has 1 aliphatic rings. The molecule has 3 aromatic rings. The van der Waals surface area contributed by atoms with Crippen molar-refractivity contribution in [2.24, 2.45) is 0 Å². The van der Waals surface area contributed by atoms with Crippen LogP contribution in [0.4, 0.5) is 0 Å². The number of carbonyl (C=O) groups is 1. The van der Waals surface area contributed by atoms with Crippen LogP contribution in [-0.4, -0.2) is 38.7 Å². The van der Waals surface area contributed by atoms with E-state index >= 15 is 0 Å². The van der Waals surface area contributed by atoms with Gasteiger partial charge in [-0.25, -0.2) is 4.98 Å². The molecule has 1 fully saturated rings. The second-order valence-electron chi connectivity index (χ2n) is 7.44. The molecule has 0 saturated carbocycles. The molecule has 4 rings (SSSR count). The highest BCUT2D eigenvalue weighted by molar-refractivity contribution is 7.18. The van der Waals surface area contributed by atoms with Gasteiger partial charge in [-0.2, -0.15) is 5.10 Å². The van der Waals surface area contributed by atoms with Gasteiger partial charge in [-0.1, -0.05) is 37.1 Å². The van der Waals surface area contributed by atoms with Crippen LogP contribution >= 0.6 is 22.9 Å². The molecule has 0 bridgehead atoms. The number of carbonyl (C=O) groups excluding carboxylic acids is 1. The molecule has 148 valence electrons. The predicted octanol–water partition coefficient (Wildman–Crippen LogP) is 5.27. The number of unbranched alkanes of at least 4 members (excludes halogenated alkanes) is 1. The van der Waals surface area contributed by atoms with Gasteiger partial charge in [-0.15, -0.1) is 11.3 Å². The van der Waals surface area contributed by atoms with Gasteiger partial charge in [0.05, 0.1) is 26.5 Å². The Morgan fingerprint density at radius 1 is 1.36 bits per heavy atom. The number of piperidine rings is 1. The summed E-state index contributed by atoms with van der Waals surface area (Å²) in [6.07, 6.45) is 4.10. The van der Waals surface area contributed by atoms with Gasteiger partial charge in [0, 0.05) is 25.6 Å². The van der Waals surface area contributed by atoms with Gasteiger partial charge in [-0.3, -0.25) is 9.48 Å². The van der Waals surface area contributed by atoms with Crippen LogP contribution in [0.25, 0.3) is 10.2 Å². The first-order valence-corrected chi connectivity index (χ1v) is 11.2. The summed E-state index contributed by atoms with van der Waals surface area (Å²) in [5, 5.41) is 6.09. The van der Waals surface area contributed by atoms with Crippen molar-refractivity contribution in [1.29, 1.82) is 0 Å². The summed E-state index contributed by atoms with van der Waals surface area (Å²) in [5.74, 6) is 0.278. The lowest BCUT2D eigenvalue weighted by molar-refractivity contribution is 0.0706. The summed E-state index contributed by atoms with van der Waals surface area (Å²) >= 11 is 8.27. The Morgan fingerprint density at radius 3 is 2.96 bits per heavy atom. The van der Waals surface area contributed by atoms with Crippen molar-refractivity contribution >= 4 is 39.1 Å². The summed E-state index contributed by atoms with van der Waals surface area (Å²) < 4.78 is 2.97. The van der Waals surface area contributed by atoms with Crippen LogP contribution in [-0.2, 0) is 6.54 Å². The molecule has 3 heterocycles. The second-order valence-corrected chi connectivity index (χ2v) is 8.86. The zero-order chi connectivity index (χ0) is 19.7. The Labute approximate surface area is 174 Å². The summed E-state index contributed by atoms with van der Waals surface area (Å²) in [6, 6.07) is 8.22. The molecule has 0 spiro atoms. The first-order valence-electron chi connectivity index (χ1n) is 9.96. The number of likely N-dealkylation sites (tertiary alicyclic amines) is 1. The maximum atomic E-state index is 13.2. The smallest absolute Gasteiger partial charge is 0.258 e. The minimum Gasteiger partial charge on any atom is -0.338 e. The molecular weight excluding hydrogens is 392 g/mol. The lowest BCUT2D eigenvalue weighted by Crippen LogP contribution is -2.39. The Balaban J connectivity index is 1.54. The Kier molecular flexibility index (Phi) is 5.69. The van der Waals surface area contributed by atoms with E-state index in [4.69, 9.17) is 16.6 Å². The highest BCUT2D eigenvalue weighted by Gasteiger charge is 2.30. The number of amides is 1. The van der Waals surface area contributed by atoms with Crippen LogP contribution in [0, 0.1) is 6.92 Å². The van der Waals surface area contributed by atoms with Gasteiger partial charge >= 0.3 is 0 Å². The third-order valence-electron chi connectivity index (χ3n) is 5.37. The van der Waals surface area contributed by atoms with Gasteiger partial charge in [0.1, 0.15) is 5.15 Å². The first-order chi connectivity index (χ1) is 13.6. The SMILES string of the molecule is CCCCn1nc(C)c(C(=O)N2CCC[C@H](c3nc4ccccc4s3)C2)c1Cl. The number of para-hydroxylation sites is 1. The summed E-state index contributed by atoms with van der Waals surface area (Å²) in [4.78, 5) is 20.0. The fourth-order valence-corrected chi connectivity index (χ4v) is 5.27. The van der Waals surface area contributed by atoms with Crippen LogP contribution < -0.4 is 0 Å². The Morgan fingerprint density at radius 2 is 2.18 bits per heavy atom. The normalized spacial score (nSPS) is 17.4. The van der Waals surface area contributed by atoms with E-state index < -0.39 is 0 Å². The van der Waals surface area contributed by atoms with Crippen molar-refractivity contribution in [2.75, 3.05) is 13.1 Å². The quantitative estimate of drug-likeness (QED) is 0.568. The molecule has 0 unspecified atom stereocenters. The van der Waals surface area contributed by atoms with Crippen LogP contribution in [0.15, 0.2) is 24.3 Å². The van der Waals surface area contributed by atoms with Gasteiger partial charge in [0.25, 0.3) is 5.91 Å². The van der Waals surface area contributed by atoms with E-state index in [0.717, 1.165) is 49.3 Å². The van der Waals surface area contributed by atoms with E-state index in [1.807, 2.05) is 24.0 Å². The zero-order valence-corrected chi connectivity index (χ0v) is 17.9. The number of hydrogen-bond acceptors (Lipinski definition) is 4. The number of halogens is 1. The monoisotopic (exact) mass is 416 g/mol. The molecule has 28 heavy (non-hydrogen) atoms. The molecule has 1 saturated heterocycles. The van der Waals surface area contributed by atoms with Crippen LogP contribution in [0.1, 0.15) is 59.6 Å². The molecule has 2 aromatic heterocycles. The summed E-state index contributed by atoms with van der Waals surface area (Å²) in [5.41, 5.74) is 2.32. The fraction of sp³-hybridized carbons (Fsp3) is 0.476. The molecule has 1 atom stereocenters. The molecule has 0 N–H and O–H groups in total. The van der Waals surface area contributed by atoms with Gasteiger partial charge < -0.3 is 4.90 Å². The van der Waals surface area contributed by atoms with Crippen molar-refractivity contribution < 1.29 is 4.79 Å². The lowest BCUT2D eigenvalue weighted by Gasteiger charge is -2.31. The van der Waals surface area contributed by atoms with Crippen LogP contribution in [0.5, 0.6) is 0 Å². The van der Waals surface area contributed by atoms with E-state index in [2.05, 4.69) is 24.2 Å². The van der Waals surface area contributed by atoms with Gasteiger partial charge in [0.15, 0.2) is 0 Å². The maximum absolute atomic E-state index is 13.2. The van der Waals surface area contributed by atoms with Crippen molar-refractivity contribution in [3.8, 4) is 0 Å². The number of aryl methyl sites for hydroxylation is 2. The number of thiazole rings is 1. The number of hydrogen-bond donors (Lipinski definition) is 0.